The van der Waals surface area contributed by atoms with Crippen molar-refractivity contribution >= 4 is 17.8 Å². The molecule has 0 spiro atoms. The summed E-state index contributed by atoms with van der Waals surface area (Å²) in [5.74, 6) is -1.27. The Hall–Kier alpha value is -2.41. The molecule has 0 bridgehead atoms. The van der Waals surface area contributed by atoms with Crippen LogP contribution in [0.25, 0.3) is 0 Å². The first-order valence-corrected chi connectivity index (χ1v) is 20.8. The van der Waals surface area contributed by atoms with Gasteiger partial charge in [0.15, 0.2) is 0 Å². The number of rotatable bonds is 37. The molecule has 0 aromatic carbocycles. The number of ether oxygens (including phenoxy) is 1. The van der Waals surface area contributed by atoms with Gasteiger partial charge in [0.2, 0.25) is 5.91 Å². The predicted molar refractivity (Wildman–Crippen MR) is 211 cm³/mol. The second-order valence-corrected chi connectivity index (χ2v) is 14.0. The molecule has 290 valence electrons. The molecule has 0 aromatic rings. The van der Waals surface area contributed by atoms with Gasteiger partial charge in [-0.05, 0) is 109 Å². The normalized spacial score (nSPS) is 13.0. The van der Waals surface area contributed by atoms with Gasteiger partial charge in [0.05, 0.1) is 0 Å². The average molecular weight is 703 g/mol. The summed E-state index contributed by atoms with van der Waals surface area (Å²) >= 11 is 0. The van der Waals surface area contributed by atoms with Gasteiger partial charge in [-0.3, -0.25) is 9.59 Å². The fourth-order valence-corrected chi connectivity index (χ4v) is 6.01. The first kappa shape index (κ1) is 47.6. The average Bonchev–Trinajstić information content (AvgIpc) is 3.10. The minimum Gasteiger partial charge on any atom is -0.480 e. The van der Waals surface area contributed by atoms with Crippen LogP contribution < -0.4 is 11.1 Å². The highest BCUT2D eigenvalue weighted by atomic mass is 16.5. The van der Waals surface area contributed by atoms with E-state index < -0.39 is 12.0 Å². The lowest BCUT2D eigenvalue weighted by Crippen LogP contribution is -2.40. The highest BCUT2D eigenvalue weighted by Crippen LogP contribution is 2.18. The summed E-state index contributed by atoms with van der Waals surface area (Å²) in [5.41, 5.74) is 5.48. The van der Waals surface area contributed by atoms with Gasteiger partial charge in [-0.15, -0.1) is 0 Å². The molecule has 7 nitrogen and oxygen atoms in total. The molecule has 0 aliphatic carbocycles. The largest absolute Gasteiger partial charge is 0.480 e. The lowest BCUT2D eigenvalue weighted by atomic mass is 10.0. The van der Waals surface area contributed by atoms with Crippen LogP contribution in [0.4, 0.5) is 0 Å². The van der Waals surface area contributed by atoms with Crippen molar-refractivity contribution in [3.8, 4) is 0 Å². The van der Waals surface area contributed by atoms with Crippen molar-refractivity contribution in [3.63, 3.8) is 0 Å². The number of aliphatic carboxylic acids is 1. The number of carbonyl (C=O) groups excluding carboxylic acids is 2. The summed E-state index contributed by atoms with van der Waals surface area (Å²) in [5, 5.41) is 11.9. The fraction of sp³-hybridized carbons (Fsp3) is 0.791. The van der Waals surface area contributed by atoms with Gasteiger partial charge in [0.25, 0.3) is 0 Å². The Morgan fingerprint density at radius 3 is 1.68 bits per heavy atom. The summed E-state index contributed by atoms with van der Waals surface area (Å²) < 4.78 is 6.00. The molecule has 0 rings (SSSR count). The molecule has 0 saturated heterocycles. The van der Waals surface area contributed by atoms with Gasteiger partial charge in [0.1, 0.15) is 12.1 Å². The van der Waals surface area contributed by atoms with Crippen LogP contribution in [-0.4, -0.2) is 41.6 Å². The number of carbonyl (C=O) groups is 3. The van der Waals surface area contributed by atoms with E-state index in [-0.39, 0.29) is 18.0 Å². The van der Waals surface area contributed by atoms with Crippen LogP contribution in [0.5, 0.6) is 0 Å². The van der Waals surface area contributed by atoms with Crippen molar-refractivity contribution in [2.75, 3.05) is 6.54 Å². The third kappa shape index (κ3) is 34.1. The Kier molecular flexibility index (Phi) is 36.0. The number of hydrogen-bond donors (Lipinski definition) is 3. The van der Waals surface area contributed by atoms with Crippen molar-refractivity contribution < 1.29 is 24.2 Å². The van der Waals surface area contributed by atoms with Crippen LogP contribution in [-0.2, 0) is 19.1 Å². The molecule has 50 heavy (non-hydrogen) atoms. The van der Waals surface area contributed by atoms with Crippen molar-refractivity contribution in [1.29, 1.82) is 0 Å². The first-order valence-electron chi connectivity index (χ1n) is 20.8. The summed E-state index contributed by atoms with van der Waals surface area (Å²) in [6, 6.07) is -0.861. The SMILES string of the molecule is CCCCC/C=C\C/C=C\CCCC(CCCCCCCC(=O)NC(CCCN)C(=O)O)OC(=O)CCCCCCC/C=C\CCCCCC. The molecule has 2 atom stereocenters. The van der Waals surface area contributed by atoms with E-state index in [0.717, 1.165) is 77.0 Å². The number of carboxylic acid groups (broad SMARTS) is 1. The van der Waals surface area contributed by atoms with Gasteiger partial charge in [-0.2, -0.15) is 0 Å². The molecule has 0 aliphatic heterocycles. The van der Waals surface area contributed by atoms with Crippen LogP contribution in [0.3, 0.4) is 0 Å². The lowest BCUT2D eigenvalue weighted by Gasteiger charge is -2.18. The number of carboxylic acids is 1. The van der Waals surface area contributed by atoms with E-state index in [1.165, 1.54) is 83.5 Å². The van der Waals surface area contributed by atoms with E-state index in [0.29, 0.717) is 32.2 Å². The molecule has 7 heteroatoms. The van der Waals surface area contributed by atoms with E-state index in [2.05, 4.69) is 55.6 Å². The molecule has 0 aliphatic rings. The second kappa shape index (κ2) is 37.8. The van der Waals surface area contributed by atoms with E-state index in [9.17, 15) is 19.5 Å². The molecule has 0 heterocycles. The molecule has 0 aromatic heterocycles. The van der Waals surface area contributed by atoms with Gasteiger partial charge in [-0.25, -0.2) is 4.79 Å². The molecular formula is C43H78N2O5. The lowest BCUT2D eigenvalue weighted by molar-refractivity contribution is -0.150. The number of hydrogen-bond acceptors (Lipinski definition) is 5. The maximum Gasteiger partial charge on any atom is 0.326 e. The smallest absolute Gasteiger partial charge is 0.326 e. The van der Waals surface area contributed by atoms with Gasteiger partial charge in [0, 0.05) is 12.8 Å². The van der Waals surface area contributed by atoms with Crippen LogP contribution in [0, 0.1) is 0 Å². The van der Waals surface area contributed by atoms with Crippen molar-refractivity contribution in [3.05, 3.63) is 36.5 Å². The van der Waals surface area contributed by atoms with E-state index >= 15 is 0 Å². The number of nitrogens with two attached hydrogens (primary N) is 1. The monoisotopic (exact) mass is 703 g/mol. The Balaban J connectivity index is 4.39. The van der Waals surface area contributed by atoms with Gasteiger partial charge in [-0.1, -0.05) is 121 Å². The van der Waals surface area contributed by atoms with Crippen molar-refractivity contribution in [1.82, 2.24) is 5.32 Å². The number of allylic oxidation sites excluding steroid dienone is 6. The predicted octanol–water partition coefficient (Wildman–Crippen LogP) is 11.4. The van der Waals surface area contributed by atoms with Crippen LogP contribution in [0.1, 0.15) is 200 Å². The molecule has 0 saturated carbocycles. The zero-order chi connectivity index (χ0) is 36.8. The Morgan fingerprint density at radius 2 is 1.06 bits per heavy atom. The maximum absolute atomic E-state index is 12.7. The highest BCUT2D eigenvalue weighted by molar-refractivity contribution is 5.83. The molecule has 1 amide bonds. The summed E-state index contributed by atoms with van der Waals surface area (Å²) in [6.45, 7) is 4.89. The minimum absolute atomic E-state index is 0.0321. The quantitative estimate of drug-likeness (QED) is 0.0337. The Bertz CT molecular complexity index is 885. The fourth-order valence-electron chi connectivity index (χ4n) is 6.01. The van der Waals surface area contributed by atoms with Crippen LogP contribution in [0.2, 0.25) is 0 Å². The molecule has 2 unspecified atom stereocenters. The molecular weight excluding hydrogens is 624 g/mol. The van der Waals surface area contributed by atoms with Crippen molar-refractivity contribution in [2.45, 2.75) is 212 Å². The van der Waals surface area contributed by atoms with Crippen LogP contribution in [0.15, 0.2) is 36.5 Å². The number of esters is 1. The molecule has 4 N–H and O–H groups in total. The topological polar surface area (TPSA) is 119 Å². The number of nitrogens with one attached hydrogen (secondary N) is 1. The number of unbranched alkanes of at least 4 members (excludes halogenated alkanes) is 17. The van der Waals surface area contributed by atoms with Crippen LogP contribution >= 0.6 is 0 Å². The summed E-state index contributed by atoms with van der Waals surface area (Å²) in [4.78, 5) is 36.3. The van der Waals surface area contributed by atoms with E-state index in [4.69, 9.17) is 10.5 Å². The minimum atomic E-state index is -1.01. The third-order valence-electron chi connectivity index (χ3n) is 9.18. The molecule has 0 radical (unpaired) electrons. The second-order valence-electron chi connectivity index (χ2n) is 14.0. The van der Waals surface area contributed by atoms with E-state index in [1.54, 1.807) is 0 Å². The Labute approximate surface area is 307 Å². The Morgan fingerprint density at radius 1 is 0.580 bits per heavy atom. The number of amides is 1. The van der Waals surface area contributed by atoms with Crippen molar-refractivity contribution in [2.24, 2.45) is 5.73 Å². The first-order chi connectivity index (χ1) is 24.4. The van der Waals surface area contributed by atoms with Gasteiger partial charge >= 0.3 is 11.9 Å². The van der Waals surface area contributed by atoms with Gasteiger partial charge < -0.3 is 20.9 Å². The summed E-state index contributed by atoms with van der Waals surface area (Å²) in [6.07, 6.45) is 43.2. The zero-order valence-corrected chi connectivity index (χ0v) is 32.5. The summed E-state index contributed by atoms with van der Waals surface area (Å²) in [7, 11) is 0. The highest BCUT2D eigenvalue weighted by Gasteiger charge is 2.19. The van der Waals surface area contributed by atoms with E-state index in [1.807, 2.05) is 0 Å². The third-order valence-corrected chi connectivity index (χ3v) is 9.18. The maximum atomic E-state index is 12.7. The zero-order valence-electron chi connectivity index (χ0n) is 32.5. The standard InChI is InChI=1S/C43H78N2O5/c1-3-5-7-9-11-13-15-16-18-20-22-27-31-37-42(47)50-39(33-28-24-21-19-17-14-12-10-8-6-4-2)34-29-25-23-26-30-36-41(46)45-40(43(48)49)35-32-38-44/h12-15,19,21,39-40H,3-11,16-18,20,22-38,44H2,1-2H3,(H,45,46)(H,48,49)/b14-12-,15-13-,21-19-. The molecule has 0 fully saturated rings.